The fourth-order valence-electron chi connectivity index (χ4n) is 0.500. The first kappa shape index (κ1) is 11.3. The highest BCUT2D eigenvalue weighted by atomic mass is 79.9. The zero-order chi connectivity index (χ0) is 6.83. The summed E-state index contributed by atoms with van der Waals surface area (Å²) >= 11 is 2.44. The van der Waals surface area contributed by atoms with Crippen molar-refractivity contribution in [1.29, 1.82) is 0 Å². The van der Waals surface area contributed by atoms with Gasteiger partial charge in [-0.3, -0.25) is 4.76 Å². The van der Waals surface area contributed by atoms with Crippen molar-refractivity contribution < 1.29 is 0 Å². The van der Waals surface area contributed by atoms with Gasteiger partial charge in [-0.1, -0.05) is 39.5 Å². The van der Waals surface area contributed by atoms with Gasteiger partial charge in [-0.2, -0.15) is 0 Å². The fourth-order valence-corrected chi connectivity index (χ4v) is 0.500. The Kier molecular flexibility index (Phi) is 22.0. The Hall–Kier alpha value is 0.440. The molecule has 0 unspecified atom stereocenters. The average Bonchev–Trinajstić information content (AvgIpc) is 1.88. The lowest BCUT2D eigenvalue weighted by Gasteiger charge is -1.86. The highest BCUT2D eigenvalue weighted by molar-refractivity contribution is 9.07. The number of unbranched alkanes of at least 4 members (excludes halogenated alkanes) is 3. The maximum Gasteiger partial charge on any atom is 0.00554 e. The molecule has 0 aromatic heterocycles. The van der Waals surface area contributed by atoms with Crippen LogP contribution in [0.15, 0.2) is 0 Å². The maximum atomic E-state index is 4.31. The van der Waals surface area contributed by atoms with Crippen molar-refractivity contribution in [2.75, 3.05) is 0 Å². The molecule has 0 fully saturated rings. The van der Waals surface area contributed by atoms with Crippen LogP contribution in [0.3, 0.4) is 0 Å². The molecule has 0 heterocycles. The predicted molar refractivity (Wildman–Crippen MR) is 42.9 cm³/mol. The van der Waals surface area contributed by atoms with Gasteiger partial charge < -0.3 is 0 Å². The molecule has 0 aromatic carbocycles. The monoisotopic (exact) mass is 181 g/mol. The molecule has 0 rings (SSSR count). The van der Waals surface area contributed by atoms with E-state index in [0.717, 1.165) is 0 Å². The second-order valence-electron chi connectivity index (χ2n) is 1.71. The number of rotatable bonds is 3. The second kappa shape index (κ2) is 15.7. The lowest BCUT2D eigenvalue weighted by Crippen LogP contribution is -1.66. The first-order valence-corrected chi connectivity index (χ1v) is 4.05. The van der Waals surface area contributed by atoms with Crippen LogP contribution in [0.4, 0.5) is 0 Å². The van der Waals surface area contributed by atoms with Crippen LogP contribution >= 0.6 is 16.1 Å². The van der Waals surface area contributed by atoms with E-state index < -0.39 is 0 Å². The van der Waals surface area contributed by atoms with Crippen LogP contribution in [-0.2, 0) is 0 Å². The SMILES string of the molecule is CCCCCC.NBr. The smallest absolute Gasteiger partial charge is 0.00554 e. The van der Waals surface area contributed by atoms with E-state index in [1.165, 1.54) is 25.7 Å². The van der Waals surface area contributed by atoms with E-state index in [4.69, 9.17) is 0 Å². The van der Waals surface area contributed by atoms with Gasteiger partial charge in [0.2, 0.25) is 0 Å². The summed E-state index contributed by atoms with van der Waals surface area (Å²) in [6, 6.07) is 0. The topological polar surface area (TPSA) is 26.0 Å². The van der Waals surface area contributed by atoms with Crippen molar-refractivity contribution in [3.63, 3.8) is 0 Å². The minimum absolute atomic E-state index is 1.36. The molecular weight excluding hydrogens is 166 g/mol. The largest absolute Gasteiger partial charge is 0.270 e. The van der Waals surface area contributed by atoms with Gasteiger partial charge in [0.25, 0.3) is 0 Å². The van der Waals surface area contributed by atoms with E-state index in [0.29, 0.717) is 0 Å². The Balaban J connectivity index is 0. The Bertz CT molecular complexity index is 20.5. The number of nitrogens with two attached hydrogens (primary N) is 1. The van der Waals surface area contributed by atoms with Gasteiger partial charge in [-0.25, -0.2) is 0 Å². The molecule has 0 aliphatic carbocycles. The lowest BCUT2D eigenvalue weighted by atomic mass is 10.2. The Morgan fingerprint density at radius 2 is 1.25 bits per heavy atom. The van der Waals surface area contributed by atoms with Gasteiger partial charge in [0.1, 0.15) is 0 Å². The molecule has 0 aromatic rings. The normalized spacial score (nSPS) is 7.50. The van der Waals surface area contributed by atoms with Crippen molar-refractivity contribution in [2.45, 2.75) is 39.5 Å². The second-order valence-corrected chi connectivity index (χ2v) is 1.71. The van der Waals surface area contributed by atoms with Gasteiger partial charge in [0.15, 0.2) is 0 Å². The van der Waals surface area contributed by atoms with Gasteiger partial charge in [-0.15, -0.1) is 0 Å². The molecule has 0 saturated carbocycles. The van der Waals surface area contributed by atoms with Crippen LogP contribution in [-0.4, -0.2) is 0 Å². The van der Waals surface area contributed by atoms with E-state index in [-0.39, 0.29) is 0 Å². The summed E-state index contributed by atoms with van der Waals surface area (Å²) in [6.45, 7) is 4.46. The Morgan fingerprint density at radius 1 is 1.00 bits per heavy atom. The van der Waals surface area contributed by atoms with E-state index in [9.17, 15) is 0 Å². The highest BCUT2D eigenvalue weighted by Crippen LogP contribution is 1.95. The highest BCUT2D eigenvalue weighted by Gasteiger charge is 1.75. The van der Waals surface area contributed by atoms with Crippen LogP contribution < -0.4 is 4.76 Å². The molecule has 52 valence electrons. The lowest BCUT2D eigenvalue weighted by molar-refractivity contribution is 0.702. The molecule has 8 heavy (non-hydrogen) atoms. The molecule has 0 saturated heterocycles. The van der Waals surface area contributed by atoms with Crippen LogP contribution in [0.25, 0.3) is 0 Å². The molecule has 0 spiro atoms. The van der Waals surface area contributed by atoms with Gasteiger partial charge >= 0.3 is 0 Å². The van der Waals surface area contributed by atoms with E-state index in [1.807, 2.05) is 0 Å². The average molecular weight is 182 g/mol. The molecule has 0 atom stereocenters. The van der Waals surface area contributed by atoms with E-state index >= 15 is 0 Å². The third-order valence-electron chi connectivity index (χ3n) is 0.957. The first-order chi connectivity index (χ1) is 3.91. The zero-order valence-corrected chi connectivity index (χ0v) is 7.37. The molecule has 2 N–H and O–H groups in total. The minimum Gasteiger partial charge on any atom is -0.270 e. The number of hydrogen-bond donors (Lipinski definition) is 1. The summed E-state index contributed by atoms with van der Waals surface area (Å²) < 4.78 is 4.31. The van der Waals surface area contributed by atoms with Gasteiger partial charge in [0, 0.05) is 16.1 Å². The predicted octanol–water partition coefficient (Wildman–Crippen LogP) is 2.84. The maximum absolute atomic E-state index is 4.31. The first-order valence-electron chi connectivity index (χ1n) is 3.13. The summed E-state index contributed by atoms with van der Waals surface area (Å²) in [6.07, 6.45) is 5.54. The molecule has 0 amide bonds. The molecule has 0 aliphatic heterocycles. The molecule has 1 nitrogen and oxygen atoms in total. The Labute approximate surface area is 61.0 Å². The van der Waals surface area contributed by atoms with Crippen molar-refractivity contribution in [3.8, 4) is 0 Å². The molecule has 0 radical (unpaired) electrons. The summed E-state index contributed by atoms with van der Waals surface area (Å²) in [7, 11) is 0. The van der Waals surface area contributed by atoms with Crippen LogP contribution in [0.5, 0.6) is 0 Å². The van der Waals surface area contributed by atoms with E-state index in [1.54, 1.807) is 0 Å². The summed E-state index contributed by atoms with van der Waals surface area (Å²) in [5.74, 6) is 0. The van der Waals surface area contributed by atoms with Crippen LogP contribution in [0.1, 0.15) is 39.5 Å². The molecule has 2 heteroatoms. The minimum atomic E-state index is 1.36. The third kappa shape index (κ3) is 16.1. The van der Waals surface area contributed by atoms with E-state index in [2.05, 4.69) is 34.8 Å². The fraction of sp³-hybridized carbons (Fsp3) is 1.00. The molecule has 0 aliphatic rings. The van der Waals surface area contributed by atoms with Crippen LogP contribution in [0.2, 0.25) is 0 Å². The quantitative estimate of drug-likeness (QED) is 0.527. The third-order valence-corrected chi connectivity index (χ3v) is 0.957. The molecular formula is C6H16BrN. The zero-order valence-electron chi connectivity index (χ0n) is 5.78. The van der Waals surface area contributed by atoms with Crippen molar-refractivity contribution in [2.24, 2.45) is 4.76 Å². The Morgan fingerprint density at radius 3 is 1.38 bits per heavy atom. The number of halogens is 1. The van der Waals surface area contributed by atoms with Crippen molar-refractivity contribution >= 4 is 16.1 Å². The molecule has 0 bridgehead atoms. The van der Waals surface area contributed by atoms with Crippen LogP contribution in [0, 0.1) is 0 Å². The van der Waals surface area contributed by atoms with Crippen molar-refractivity contribution in [1.82, 2.24) is 0 Å². The summed E-state index contributed by atoms with van der Waals surface area (Å²) in [5, 5.41) is 0. The summed E-state index contributed by atoms with van der Waals surface area (Å²) in [4.78, 5) is 0. The number of hydrogen-bond acceptors (Lipinski definition) is 1. The standard InChI is InChI=1S/C6H14.BrH2N/c1-3-5-6-4-2;1-2/h3-6H2,1-2H3;2H2. The van der Waals surface area contributed by atoms with Gasteiger partial charge in [-0.05, 0) is 0 Å². The van der Waals surface area contributed by atoms with Crippen molar-refractivity contribution in [3.05, 3.63) is 0 Å². The van der Waals surface area contributed by atoms with Gasteiger partial charge in [0.05, 0.1) is 0 Å². The summed E-state index contributed by atoms with van der Waals surface area (Å²) in [5.41, 5.74) is 0.